The van der Waals surface area contributed by atoms with E-state index >= 15 is 0 Å². The summed E-state index contributed by atoms with van der Waals surface area (Å²) in [7, 11) is 1.74. The zero-order chi connectivity index (χ0) is 13.2. The van der Waals surface area contributed by atoms with E-state index in [1.807, 2.05) is 6.07 Å². The molecule has 3 nitrogen and oxygen atoms in total. The van der Waals surface area contributed by atoms with Gasteiger partial charge < -0.3 is 4.74 Å². The molecule has 0 bridgehead atoms. The second-order valence-electron chi connectivity index (χ2n) is 5.92. The molecule has 2 unspecified atom stereocenters. The van der Waals surface area contributed by atoms with Gasteiger partial charge in [-0.05, 0) is 44.0 Å². The Morgan fingerprint density at radius 3 is 3.05 bits per heavy atom. The minimum atomic E-state index is 0.653. The van der Waals surface area contributed by atoms with Crippen LogP contribution in [0.15, 0.2) is 24.3 Å². The highest BCUT2D eigenvalue weighted by molar-refractivity contribution is 5.28. The fraction of sp³-hybridized carbons (Fsp3) is 0.625. The molecule has 1 aromatic carbocycles. The normalized spacial score (nSPS) is 28.3. The molecule has 0 radical (unpaired) electrons. The van der Waals surface area contributed by atoms with Crippen molar-refractivity contribution in [2.75, 3.05) is 26.7 Å². The highest BCUT2D eigenvalue weighted by Crippen LogP contribution is 2.26. The van der Waals surface area contributed by atoms with Gasteiger partial charge in [-0.2, -0.15) is 0 Å². The van der Waals surface area contributed by atoms with Crippen LogP contribution in [0.5, 0.6) is 5.75 Å². The van der Waals surface area contributed by atoms with E-state index in [0.717, 1.165) is 18.3 Å². The molecule has 3 heteroatoms. The van der Waals surface area contributed by atoms with Crippen molar-refractivity contribution >= 4 is 0 Å². The average molecular weight is 260 g/mol. The minimum absolute atomic E-state index is 0.653. The Hall–Kier alpha value is -1.06. The van der Waals surface area contributed by atoms with Crippen LogP contribution in [0.25, 0.3) is 0 Å². The standard InChI is InChI=1S/C16H24N2O/c1-13-10-17-8-4-6-15(17)12-18(13)11-14-5-3-7-16(9-14)19-2/h3,5,7,9,13,15H,4,6,8,10-12H2,1-2H3. The van der Waals surface area contributed by atoms with Gasteiger partial charge in [-0.15, -0.1) is 0 Å². The molecule has 104 valence electrons. The minimum Gasteiger partial charge on any atom is -0.497 e. The number of rotatable bonds is 3. The van der Waals surface area contributed by atoms with E-state index in [2.05, 4.69) is 34.9 Å². The lowest BCUT2D eigenvalue weighted by Gasteiger charge is -2.42. The number of fused-ring (bicyclic) bond motifs is 1. The van der Waals surface area contributed by atoms with Crippen LogP contribution in [0.1, 0.15) is 25.3 Å². The highest BCUT2D eigenvalue weighted by Gasteiger charge is 2.34. The first kappa shape index (κ1) is 12.9. The third-order valence-electron chi connectivity index (χ3n) is 4.59. The predicted molar refractivity (Wildman–Crippen MR) is 77.5 cm³/mol. The molecule has 19 heavy (non-hydrogen) atoms. The molecule has 2 fully saturated rings. The zero-order valence-corrected chi connectivity index (χ0v) is 12.0. The van der Waals surface area contributed by atoms with E-state index < -0.39 is 0 Å². The highest BCUT2D eigenvalue weighted by atomic mass is 16.5. The van der Waals surface area contributed by atoms with Crippen molar-refractivity contribution < 1.29 is 4.74 Å². The van der Waals surface area contributed by atoms with Gasteiger partial charge in [0.05, 0.1) is 7.11 Å². The van der Waals surface area contributed by atoms with Gasteiger partial charge in [0.25, 0.3) is 0 Å². The van der Waals surface area contributed by atoms with Crippen molar-refractivity contribution in [1.29, 1.82) is 0 Å². The van der Waals surface area contributed by atoms with Crippen LogP contribution in [0.4, 0.5) is 0 Å². The van der Waals surface area contributed by atoms with Gasteiger partial charge >= 0.3 is 0 Å². The third kappa shape index (κ3) is 2.77. The van der Waals surface area contributed by atoms with E-state index in [1.54, 1.807) is 7.11 Å². The molecule has 0 N–H and O–H groups in total. The molecular weight excluding hydrogens is 236 g/mol. The van der Waals surface area contributed by atoms with Crippen LogP contribution in [0.2, 0.25) is 0 Å². The fourth-order valence-electron chi connectivity index (χ4n) is 3.47. The maximum absolute atomic E-state index is 5.31. The number of hydrogen-bond donors (Lipinski definition) is 0. The van der Waals surface area contributed by atoms with Gasteiger partial charge in [0.1, 0.15) is 5.75 Å². The smallest absolute Gasteiger partial charge is 0.119 e. The number of benzene rings is 1. The van der Waals surface area contributed by atoms with Crippen LogP contribution in [0, 0.1) is 0 Å². The zero-order valence-electron chi connectivity index (χ0n) is 12.0. The number of nitrogens with zero attached hydrogens (tertiary/aromatic N) is 2. The summed E-state index contributed by atoms with van der Waals surface area (Å²) in [5.74, 6) is 0.963. The Balaban J connectivity index is 1.68. The lowest BCUT2D eigenvalue weighted by Crippen LogP contribution is -2.54. The van der Waals surface area contributed by atoms with Crippen molar-refractivity contribution in [2.45, 2.75) is 38.4 Å². The first-order chi connectivity index (χ1) is 9.26. The lowest BCUT2D eigenvalue weighted by molar-refractivity contribution is 0.0540. The van der Waals surface area contributed by atoms with Crippen LogP contribution in [-0.4, -0.2) is 48.6 Å². The summed E-state index contributed by atoms with van der Waals surface area (Å²) < 4.78 is 5.31. The SMILES string of the molecule is COc1cccc(CN2CC3CCCN3CC2C)c1. The largest absolute Gasteiger partial charge is 0.497 e. The van der Waals surface area contributed by atoms with Crippen molar-refractivity contribution in [2.24, 2.45) is 0 Å². The molecule has 0 aliphatic carbocycles. The number of piperazine rings is 1. The summed E-state index contributed by atoms with van der Waals surface area (Å²) in [4.78, 5) is 5.30. The molecular formula is C16H24N2O. The molecule has 2 saturated heterocycles. The molecule has 0 amide bonds. The van der Waals surface area contributed by atoms with Crippen LogP contribution in [0.3, 0.4) is 0 Å². The van der Waals surface area contributed by atoms with Crippen LogP contribution in [-0.2, 0) is 6.54 Å². The fourth-order valence-corrected chi connectivity index (χ4v) is 3.47. The average Bonchev–Trinajstić information content (AvgIpc) is 2.86. The van der Waals surface area contributed by atoms with Crippen molar-refractivity contribution in [3.05, 3.63) is 29.8 Å². The van der Waals surface area contributed by atoms with Crippen molar-refractivity contribution in [1.82, 2.24) is 9.80 Å². The van der Waals surface area contributed by atoms with Gasteiger partial charge in [0.2, 0.25) is 0 Å². The van der Waals surface area contributed by atoms with Gasteiger partial charge in [-0.1, -0.05) is 12.1 Å². The Labute approximate surface area is 116 Å². The number of hydrogen-bond acceptors (Lipinski definition) is 3. The van der Waals surface area contributed by atoms with Crippen LogP contribution >= 0.6 is 0 Å². The van der Waals surface area contributed by atoms with E-state index in [1.165, 1.54) is 38.0 Å². The molecule has 2 atom stereocenters. The summed E-state index contributed by atoms with van der Waals surface area (Å²) in [5, 5.41) is 0. The Kier molecular flexibility index (Phi) is 3.76. The number of ether oxygens (including phenoxy) is 1. The maximum atomic E-state index is 5.31. The monoisotopic (exact) mass is 260 g/mol. The van der Waals surface area contributed by atoms with Gasteiger partial charge in [0.15, 0.2) is 0 Å². The van der Waals surface area contributed by atoms with E-state index in [4.69, 9.17) is 4.74 Å². The summed E-state index contributed by atoms with van der Waals surface area (Å²) in [6, 6.07) is 9.92. The predicted octanol–water partition coefficient (Wildman–Crippen LogP) is 2.36. The Bertz CT molecular complexity index is 435. The first-order valence-corrected chi connectivity index (χ1v) is 7.37. The molecule has 0 spiro atoms. The Morgan fingerprint density at radius 2 is 2.21 bits per heavy atom. The first-order valence-electron chi connectivity index (χ1n) is 7.37. The molecule has 1 aromatic rings. The molecule has 0 saturated carbocycles. The summed E-state index contributed by atoms with van der Waals surface area (Å²) in [6.07, 6.45) is 2.76. The maximum Gasteiger partial charge on any atom is 0.119 e. The van der Waals surface area contributed by atoms with E-state index in [0.29, 0.717) is 6.04 Å². The molecule has 3 rings (SSSR count). The molecule has 2 aliphatic rings. The van der Waals surface area contributed by atoms with Gasteiger partial charge in [-0.25, -0.2) is 0 Å². The summed E-state index contributed by atoms with van der Waals surface area (Å²) in [6.45, 7) is 7.16. The van der Waals surface area contributed by atoms with Gasteiger partial charge in [0, 0.05) is 31.7 Å². The summed E-state index contributed by atoms with van der Waals surface area (Å²) in [5.41, 5.74) is 1.36. The molecule has 2 aliphatic heterocycles. The van der Waals surface area contributed by atoms with E-state index in [9.17, 15) is 0 Å². The number of methoxy groups -OCH3 is 1. The van der Waals surface area contributed by atoms with Crippen molar-refractivity contribution in [3.8, 4) is 5.75 Å². The molecule has 2 heterocycles. The lowest BCUT2D eigenvalue weighted by atomic mass is 10.1. The van der Waals surface area contributed by atoms with Gasteiger partial charge in [-0.3, -0.25) is 9.80 Å². The van der Waals surface area contributed by atoms with Crippen LogP contribution < -0.4 is 4.74 Å². The second-order valence-corrected chi connectivity index (χ2v) is 5.92. The topological polar surface area (TPSA) is 15.7 Å². The Morgan fingerprint density at radius 1 is 1.32 bits per heavy atom. The molecule has 0 aromatic heterocycles. The third-order valence-corrected chi connectivity index (χ3v) is 4.59. The quantitative estimate of drug-likeness (QED) is 0.830. The van der Waals surface area contributed by atoms with Crippen molar-refractivity contribution in [3.63, 3.8) is 0 Å². The summed E-state index contributed by atoms with van der Waals surface area (Å²) >= 11 is 0. The van der Waals surface area contributed by atoms with E-state index in [-0.39, 0.29) is 0 Å². The second kappa shape index (κ2) is 5.51.